The lowest BCUT2D eigenvalue weighted by Crippen LogP contribution is -2.52. The van der Waals surface area contributed by atoms with Crippen LogP contribution in [-0.4, -0.2) is 36.2 Å². The van der Waals surface area contributed by atoms with E-state index in [4.69, 9.17) is 5.73 Å². The van der Waals surface area contributed by atoms with E-state index in [0.717, 1.165) is 19.3 Å². The molecule has 0 bridgehead atoms. The van der Waals surface area contributed by atoms with Gasteiger partial charge in [-0.25, -0.2) is 0 Å². The second-order valence-corrected chi connectivity index (χ2v) is 3.96. The van der Waals surface area contributed by atoms with Crippen LogP contribution < -0.4 is 5.73 Å². The van der Waals surface area contributed by atoms with E-state index in [2.05, 4.69) is 0 Å². The standard InChI is InChI=1S/C9H17F3N2/c1-7-3-2-4-8(5-13)14(7)6-9(10,11)12/h7-8H,2-6,13H2,1H3. The topological polar surface area (TPSA) is 29.3 Å². The Balaban J connectivity index is 2.60. The van der Waals surface area contributed by atoms with E-state index in [1.165, 1.54) is 4.90 Å². The van der Waals surface area contributed by atoms with Gasteiger partial charge in [-0.3, -0.25) is 4.90 Å². The summed E-state index contributed by atoms with van der Waals surface area (Å²) in [6.07, 6.45) is -1.50. The Morgan fingerprint density at radius 2 is 2.00 bits per heavy atom. The van der Waals surface area contributed by atoms with Crippen LogP contribution in [0.25, 0.3) is 0 Å². The highest BCUT2D eigenvalue weighted by Crippen LogP contribution is 2.26. The minimum atomic E-state index is -4.11. The molecule has 2 atom stereocenters. The summed E-state index contributed by atoms with van der Waals surface area (Å²) in [6.45, 7) is 1.34. The largest absolute Gasteiger partial charge is 0.401 e. The van der Waals surface area contributed by atoms with Crippen LogP contribution in [0.4, 0.5) is 13.2 Å². The van der Waals surface area contributed by atoms with Crippen molar-refractivity contribution in [2.24, 2.45) is 5.73 Å². The molecule has 0 spiro atoms. The normalized spacial score (nSPS) is 30.6. The molecule has 0 radical (unpaired) electrons. The van der Waals surface area contributed by atoms with Gasteiger partial charge in [0.2, 0.25) is 0 Å². The highest BCUT2D eigenvalue weighted by molar-refractivity contribution is 4.84. The molecule has 0 amide bonds. The van der Waals surface area contributed by atoms with Crippen LogP contribution in [0.5, 0.6) is 0 Å². The second-order valence-electron chi connectivity index (χ2n) is 3.96. The second kappa shape index (κ2) is 4.49. The van der Waals surface area contributed by atoms with Crippen LogP contribution in [-0.2, 0) is 0 Å². The first-order valence-electron chi connectivity index (χ1n) is 4.96. The van der Waals surface area contributed by atoms with Gasteiger partial charge in [-0.05, 0) is 19.8 Å². The molecular formula is C9H17F3N2. The van der Waals surface area contributed by atoms with Gasteiger partial charge in [-0.15, -0.1) is 0 Å². The van der Waals surface area contributed by atoms with Crippen molar-refractivity contribution >= 4 is 0 Å². The van der Waals surface area contributed by atoms with Crippen LogP contribution >= 0.6 is 0 Å². The van der Waals surface area contributed by atoms with Gasteiger partial charge in [0, 0.05) is 18.6 Å². The first kappa shape index (κ1) is 11.8. The van der Waals surface area contributed by atoms with Gasteiger partial charge in [0.15, 0.2) is 0 Å². The zero-order valence-electron chi connectivity index (χ0n) is 8.35. The molecule has 0 aromatic rings. The minimum absolute atomic E-state index is 0.000995. The fraction of sp³-hybridized carbons (Fsp3) is 1.00. The van der Waals surface area contributed by atoms with E-state index >= 15 is 0 Å². The lowest BCUT2D eigenvalue weighted by atomic mass is 9.96. The lowest BCUT2D eigenvalue weighted by molar-refractivity contribution is -0.159. The number of rotatable bonds is 2. The maximum Gasteiger partial charge on any atom is 0.401 e. The fourth-order valence-electron chi connectivity index (χ4n) is 2.09. The predicted octanol–water partition coefficient (Wildman–Crippen LogP) is 1.75. The number of piperidine rings is 1. The number of likely N-dealkylation sites (tertiary alicyclic amines) is 1. The Labute approximate surface area is 82.2 Å². The predicted molar refractivity (Wildman–Crippen MR) is 48.9 cm³/mol. The zero-order valence-corrected chi connectivity index (χ0v) is 8.35. The average molecular weight is 210 g/mol. The van der Waals surface area contributed by atoms with E-state index in [0.29, 0.717) is 6.54 Å². The Kier molecular flexibility index (Phi) is 3.78. The molecule has 1 saturated heterocycles. The third-order valence-electron chi connectivity index (χ3n) is 2.83. The summed E-state index contributed by atoms with van der Waals surface area (Å²) in [4.78, 5) is 1.49. The van der Waals surface area contributed by atoms with Crippen LogP contribution in [0.1, 0.15) is 26.2 Å². The van der Waals surface area contributed by atoms with Crippen LogP contribution in [0.15, 0.2) is 0 Å². The summed E-state index contributed by atoms with van der Waals surface area (Å²) in [5.41, 5.74) is 5.47. The molecule has 2 N–H and O–H groups in total. The Bertz CT molecular complexity index is 181. The van der Waals surface area contributed by atoms with Crippen LogP contribution in [0, 0.1) is 0 Å². The smallest absolute Gasteiger partial charge is 0.329 e. The van der Waals surface area contributed by atoms with E-state index in [-0.39, 0.29) is 12.1 Å². The van der Waals surface area contributed by atoms with Crippen molar-refractivity contribution < 1.29 is 13.2 Å². The van der Waals surface area contributed by atoms with Crippen LogP contribution in [0.2, 0.25) is 0 Å². The summed E-state index contributed by atoms with van der Waals surface area (Å²) in [7, 11) is 0. The number of hydrogen-bond acceptors (Lipinski definition) is 2. The number of nitrogens with zero attached hydrogens (tertiary/aromatic N) is 1. The van der Waals surface area contributed by atoms with Gasteiger partial charge in [-0.2, -0.15) is 13.2 Å². The molecule has 0 aliphatic carbocycles. The maximum atomic E-state index is 12.2. The van der Waals surface area contributed by atoms with Gasteiger partial charge in [0.25, 0.3) is 0 Å². The number of nitrogens with two attached hydrogens (primary N) is 1. The molecule has 2 unspecified atom stereocenters. The van der Waals surface area contributed by atoms with Crippen molar-refractivity contribution in [2.75, 3.05) is 13.1 Å². The summed E-state index contributed by atoms with van der Waals surface area (Å²) in [5, 5.41) is 0. The first-order chi connectivity index (χ1) is 6.44. The number of hydrogen-bond donors (Lipinski definition) is 1. The molecular weight excluding hydrogens is 193 g/mol. The molecule has 14 heavy (non-hydrogen) atoms. The van der Waals surface area contributed by atoms with Gasteiger partial charge in [-0.1, -0.05) is 6.42 Å². The molecule has 0 saturated carbocycles. The monoisotopic (exact) mass is 210 g/mol. The summed E-state index contributed by atoms with van der Waals surface area (Å²) < 4.78 is 36.7. The molecule has 1 aliphatic heterocycles. The first-order valence-corrected chi connectivity index (χ1v) is 4.96. The van der Waals surface area contributed by atoms with Crippen molar-refractivity contribution in [3.05, 3.63) is 0 Å². The number of halogens is 3. The molecule has 0 aromatic heterocycles. The van der Waals surface area contributed by atoms with E-state index < -0.39 is 12.7 Å². The van der Waals surface area contributed by atoms with Gasteiger partial charge < -0.3 is 5.73 Å². The quantitative estimate of drug-likeness (QED) is 0.752. The fourth-order valence-corrected chi connectivity index (χ4v) is 2.09. The van der Waals surface area contributed by atoms with Crippen molar-refractivity contribution in [3.63, 3.8) is 0 Å². The van der Waals surface area contributed by atoms with Crippen molar-refractivity contribution in [1.29, 1.82) is 0 Å². The van der Waals surface area contributed by atoms with Gasteiger partial charge in [0.1, 0.15) is 0 Å². The lowest BCUT2D eigenvalue weighted by Gasteiger charge is -2.40. The molecule has 5 heteroatoms. The maximum absolute atomic E-state index is 12.2. The molecule has 2 nitrogen and oxygen atoms in total. The summed E-state index contributed by atoms with van der Waals surface area (Å²) in [6, 6.07) is -0.0979. The number of alkyl halides is 3. The molecule has 84 valence electrons. The highest BCUT2D eigenvalue weighted by Gasteiger charge is 2.37. The van der Waals surface area contributed by atoms with Crippen LogP contribution in [0.3, 0.4) is 0 Å². The van der Waals surface area contributed by atoms with E-state index in [1.54, 1.807) is 0 Å². The summed E-state index contributed by atoms with van der Waals surface area (Å²) >= 11 is 0. The zero-order chi connectivity index (χ0) is 10.8. The molecule has 1 rings (SSSR count). The Hall–Kier alpha value is -0.290. The highest BCUT2D eigenvalue weighted by atomic mass is 19.4. The van der Waals surface area contributed by atoms with E-state index in [9.17, 15) is 13.2 Å². The SMILES string of the molecule is CC1CCCC(CN)N1CC(F)(F)F. The Morgan fingerprint density at radius 3 is 2.50 bits per heavy atom. The molecule has 0 aromatic carbocycles. The van der Waals surface area contributed by atoms with Crippen molar-refractivity contribution in [2.45, 2.75) is 44.4 Å². The van der Waals surface area contributed by atoms with E-state index in [1.807, 2.05) is 6.92 Å². The van der Waals surface area contributed by atoms with Gasteiger partial charge >= 0.3 is 6.18 Å². The summed E-state index contributed by atoms with van der Waals surface area (Å²) in [5.74, 6) is 0. The molecule has 1 heterocycles. The molecule has 1 fully saturated rings. The average Bonchev–Trinajstić information content (AvgIpc) is 2.06. The third-order valence-corrected chi connectivity index (χ3v) is 2.83. The van der Waals surface area contributed by atoms with Crippen molar-refractivity contribution in [3.8, 4) is 0 Å². The molecule has 1 aliphatic rings. The Morgan fingerprint density at radius 1 is 1.36 bits per heavy atom. The van der Waals surface area contributed by atoms with Crippen molar-refractivity contribution in [1.82, 2.24) is 4.90 Å². The van der Waals surface area contributed by atoms with Gasteiger partial charge in [0.05, 0.1) is 6.54 Å². The third kappa shape index (κ3) is 3.13. The minimum Gasteiger partial charge on any atom is -0.329 e.